The minimum Gasteiger partial charge on any atom is -0.579 e. The summed E-state index contributed by atoms with van der Waals surface area (Å²) in [5.41, 5.74) is 0.597. The number of fused-ring (bicyclic) bond motifs is 2. The summed E-state index contributed by atoms with van der Waals surface area (Å²) in [6.45, 7) is 13.9. The number of allylic oxidation sites excluding steroid dienone is 2. The zero-order valence-corrected chi connectivity index (χ0v) is 12.9. The van der Waals surface area contributed by atoms with Crippen molar-refractivity contribution in [1.29, 1.82) is 0 Å². The molecule has 0 heterocycles. The van der Waals surface area contributed by atoms with Crippen molar-refractivity contribution in [2.45, 2.75) is 53.3 Å². The van der Waals surface area contributed by atoms with Gasteiger partial charge in [0.2, 0.25) is 8.32 Å². The van der Waals surface area contributed by atoms with Crippen LogP contribution in [0.15, 0.2) is 5.76 Å². The summed E-state index contributed by atoms with van der Waals surface area (Å²) in [6.07, 6.45) is 6.18. The van der Waals surface area contributed by atoms with Crippen molar-refractivity contribution in [3.05, 3.63) is 11.8 Å². The Kier molecular flexibility index (Phi) is 3.55. The largest absolute Gasteiger partial charge is 1.00 e. The van der Waals surface area contributed by atoms with Crippen molar-refractivity contribution in [2.24, 2.45) is 16.7 Å². The molecule has 0 saturated heterocycles. The van der Waals surface area contributed by atoms with Crippen LogP contribution in [-0.4, -0.2) is 8.32 Å². The Morgan fingerprint density at radius 3 is 2.12 bits per heavy atom. The molecule has 1 fully saturated rings. The van der Waals surface area contributed by atoms with E-state index in [9.17, 15) is 0 Å². The minimum atomic E-state index is -1.47. The molecule has 0 aromatic heterocycles. The molecule has 1 saturated carbocycles. The molecule has 2 aliphatic rings. The standard InChI is InChI=1S/C13H23OSi.Li/c1-12(2)10-7-8-13(12,3)11(9-10)14-15(4,5)6;/h10H,7-8H2,1-6H3;/q-1;+1/t10-,13+;/m1./s1. The van der Waals surface area contributed by atoms with E-state index in [1.54, 1.807) is 0 Å². The summed E-state index contributed by atoms with van der Waals surface area (Å²) in [7, 11) is -1.47. The Labute approximate surface area is 113 Å². The maximum Gasteiger partial charge on any atom is 1.00 e. The summed E-state index contributed by atoms with van der Waals surface area (Å²) in [6, 6.07) is 0. The van der Waals surface area contributed by atoms with Gasteiger partial charge in [-0.2, -0.15) is 5.92 Å². The topological polar surface area (TPSA) is 9.23 Å². The van der Waals surface area contributed by atoms with Crippen molar-refractivity contribution in [3.8, 4) is 0 Å². The van der Waals surface area contributed by atoms with Crippen LogP contribution in [0.4, 0.5) is 0 Å². The molecule has 2 rings (SSSR count). The Balaban J connectivity index is 0.00000128. The summed E-state index contributed by atoms with van der Waals surface area (Å²) in [5.74, 6) is 1.80. The molecule has 16 heavy (non-hydrogen) atoms. The molecule has 86 valence electrons. The summed E-state index contributed by atoms with van der Waals surface area (Å²) in [4.78, 5) is 0. The maximum atomic E-state index is 6.22. The molecule has 0 aliphatic heterocycles. The van der Waals surface area contributed by atoms with Crippen LogP contribution in [0.1, 0.15) is 33.6 Å². The van der Waals surface area contributed by atoms with Gasteiger partial charge >= 0.3 is 18.9 Å². The minimum absolute atomic E-state index is 0. The van der Waals surface area contributed by atoms with Gasteiger partial charge < -0.3 is 10.5 Å². The quantitative estimate of drug-likeness (QED) is 0.508. The van der Waals surface area contributed by atoms with Gasteiger partial charge in [0.15, 0.2) is 0 Å². The van der Waals surface area contributed by atoms with E-state index in [1.807, 2.05) is 0 Å². The third kappa shape index (κ3) is 1.94. The third-order valence-corrected chi connectivity index (χ3v) is 5.26. The fourth-order valence-electron chi connectivity index (χ4n) is 2.93. The number of hydrogen-bond acceptors (Lipinski definition) is 1. The number of hydrogen-bond donors (Lipinski definition) is 0. The van der Waals surface area contributed by atoms with Crippen LogP contribution < -0.4 is 18.9 Å². The summed E-state index contributed by atoms with van der Waals surface area (Å²) >= 11 is 0. The molecule has 0 aromatic rings. The molecule has 0 unspecified atom stereocenters. The van der Waals surface area contributed by atoms with Gasteiger partial charge in [-0.3, -0.25) is 0 Å². The van der Waals surface area contributed by atoms with Crippen molar-refractivity contribution in [3.63, 3.8) is 0 Å². The Hall–Kier alpha value is 0.354. The predicted molar refractivity (Wildman–Crippen MR) is 65.8 cm³/mol. The second-order valence-electron chi connectivity index (χ2n) is 6.83. The SMILES string of the molecule is CC1(C)[C@H]2[C-]=C(O[Si](C)(C)C)[C@]1(C)CC2.[Li+]. The second kappa shape index (κ2) is 3.94. The first-order valence-electron chi connectivity index (χ1n) is 6.00. The van der Waals surface area contributed by atoms with Crippen molar-refractivity contribution >= 4 is 8.32 Å². The van der Waals surface area contributed by atoms with Gasteiger partial charge in [-0.15, -0.1) is 0 Å². The van der Waals surface area contributed by atoms with Crippen molar-refractivity contribution < 1.29 is 23.3 Å². The first-order chi connectivity index (χ1) is 6.67. The Bertz CT molecular complexity index is 316. The molecule has 0 spiro atoms. The first-order valence-corrected chi connectivity index (χ1v) is 9.41. The van der Waals surface area contributed by atoms with Gasteiger partial charge in [-0.1, -0.05) is 33.0 Å². The van der Waals surface area contributed by atoms with Crippen LogP contribution in [0.3, 0.4) is 0 Å². The maximum absolute atomic E-state index is 6.22. The van der Waals surface area contributed by atoms with E-state index in [1.165, 1.54) is 18.6 Å². The van der Waals surface area contributed by atoms with E-state index in [0.717, 1.165) is 0 Å². The Morgan fingerprint density at radius 2 is 1.81 bits per heavy atom. The molecule has 2 bridgehead atoms. The van der Waals surface area contributed by atoms with E-state index in [0.29, 0.717) is 11.3 Å². The van der Waals surface area contributed by atoms with E-state index in [-0.39, 0.29) is 24.3 Å². The van der Waals surface area contributed by atoms with E-state index >= 15 is 0 Å². The molecule has 2 aliphatic carbocycles. The molecule has 0 N–H and O–H groups in total. The number of rotatable bonds is 2. The predicted octanol–water partition coefficient (Wildman–Crippen LogP) is 0.985. The molecule has 2 atom stereocenters. The fraction of sp³-hybridized carbons (Fsp3) is 0.846. The van der Waals surface area contributed by atoms with Crippen LogP contribution in [0.2, 0.25) is 19.6 Å². The van der Waals surface area contributed by atoms with Gasteiger partial charge in [0.05, 0.1) is 0 Å². The van der Waals surface area contributed by atoms with Gasteiger partial charge in [-0.25, -0.2) is 0 Å². The average molecular weight is 230 g/mol. The molecular weight excluding hydrogens is 207 g/mol. The van der Waals surface area contributed by atoms with Gasteiger partial charge in [0, 0.05) is 0 Å². The van der Waals surface area contributed by atoms with Crippen LogP contribution in [0.25, 0.3) is 0 Å². The first kappa shape index (κ1) is 14.4. The van der Waals surface area contributed by atoms with Gasteiger partial charge in [-0.05, 0) is 36.9 Å². The molecule has 0 radical (unpaired) electrons. The monoisotopic (exact) mass is 230 g/mol. The van der Waals surface area contributed by atoms with Crippen molar-refractivity contribution in [2.75, 3.05) is 0 Å². The summed E-state index contributed by atoms with van der Waals surface area (Å²) in [5, 5.41) is 0. The molecular formula is C13H23LiOSi. The zero-order chi connectivity index (χ0) is 11.5. The molecule has 3 heteroatoms. The second-order valence-corrected chi connectivity index (χ2v) is 11.3. The zero-order valence-electron chi connectivity index (χ0n) is 11.9. The van der Waals surface area contributed by atoms with E-state index in [4.69, 9.17) is 4.43 Å². The van der Waals surface area contributed by atoms with Crippen molar-refractivity contribution in [1.82, 2.24) is 0 Å². The van der Waals surface area contributed by atoms with E-state index in [2.05, 4.69) is 46.5 Å². The van der Waals surface area contributed by atoms with Crippen LogP contribution in [-0.2, 0) is 4.43 Å². The molecule has 0 amide bonds. The van der Waals surface area contributed by atoms with Crippen LogP contribution >= 0.6 is 0 Å². The molecule has 1 nitrogen and oxygen atoms in total. The third-order valence-electron chi connectivity index (χ3n) is 4.44. The Morgan fingerprint density at radius 1 is 1.25 bits per heavy atom. The molecule has 0 aromatic carbocycles. The van der Waals surface area contributed by atoms with E-state index < -0.39 is 8.32 Å². The summed E-state index contributed by atoms with van der Waals surface area (Å²) < 4.78 is 6.22. The van der Waals surface area contributed by atoms with Crippen LogP contribution in [0.5, 0.6) is 0 Å². The fourth-order valence-corrected chi connectivity index (χ4v) is 3.82. The van der Waals surface area contributed by atoms with Gasteiger partial charge in [0.1, 0.15) is 0 Å². The van der Waals surface area contributed by atoms with Gasteiger partial charge in [0.25, 0.3) is 0 Å². The normalized spacial score (nSPS) is 35.6. The average Bonchev–Trinajstić information content (AvgIpc) is 2.34. The smallest absolute Gasteiger partial charge is 0.579 e. The van der Waals surface area contributed by atoms with Crippen LogP contribution in [0, 0.1) is 22.8 Å².